The molecular weight excluding hydrogens is 270 g/mol. The summed E-state index contributed by atoms with van der Waals surface area (Å²) in [6, 6.07) is 0. The van der Waals surface area contributed by atoms with E-state index >= 15 is 0 Å². The monoisotopic (exact) mass is 281 g/mol. The number of carbonyl (C=O) groups is 1. The second-order valence-electron chi connectivity index (χ2n) is 4.35. The highest BCUT2D eigenvalue weighted by molar-refractivity contribution is 5.81. The molecule has 3 rings (SSSR count). The van der Waals surface area contributed by atoms with Crippen molar-refractivity contribution in [3.8, 4) is 0 Å². The molecule has 0 aromatic carbocycles. The molecule has 2 aromatic rings. The van der Waals surface area contributed by atoms with Crippen LogP contribution in [0, 0.1) is 0 Å². The molecule has 106 valence electrons. The molecule has 0 amide bonds. The van der Waals surface area contributed by atoms with Crippen LogP contribution in [-0.2, 0) is 9.53 Å². The van der Waals surface area contributed by atoms with E-state index in [9.17, 15) is 15.0 Å². The van der Waals surface area contributed by atoms with Crippen LogP contribution in [0.5, 0.6) is 0 Å². The molecule has 3 heterocycles. The lowest BCUT2D eigenvalue weighted by Gasteiger charge is -2.16. The van der Waals surface area contributed by atoms with E-state index in [2.05, 4.69) is 15.0 Å². The molecule has 2 aromatic heterocycles. The minimum Gasteiger partial charge on any atom is -0.479 e. The maximum absolute atomic E-state index is 10.9. The van der Waals surface area contributed by atoms with Crippen molar-refractivity contribution >= 4 is 23.0 Å². The van der Waals surface area contributed by atoms with Gasteiger partial charge in [-0.25, -0.2) is 19.7 Å². The highest BCUT2D eigenvalue weighted by atomic mass is 16.6. The first-order valence-corrected chi connectivity index (χ1v) is 5.68. The Morgan fingerprint density at radius 2 is 2.05 bits per heavy atom. The fourth-order valence-electron chi connectivity index (χ4n) is 2.15. The van der Waals surface area contributed by atoms with Crippen molar-refractivity contribution in [2.75, 3.05) is 5.73 Å². The van der Waals surface area contributed by atoms with E-state index in [-0.39, 0.29) is 11.5 Å². The molecular formula is C10H11N5O5. The third kappa shape index (κ3) is 1.70. The van der Waals surface area contributed by atoms with Gasteiger partial charge in [0.25, 0.3) is 0 Å². The molecule has 0 bridgehead atoms. The summed E-state index contributed by atoms with van der Waals surface area (Å²) < 4.78 is 6.47. The van der Waals surface area contributed by atoms with Crippen LogP contribution < -0.4 is 5.73 Å². The Labute approximate surface area is 111 Å². The fourth-order valence-corrected chi connectivity index (χ4v) is 2.15. The van der Waals surface area contributed by atoms with Crippen molar-refractivity contribution in [1.82, 2.24) is 19.5 Å². The van der Waals surface area contributed by atoms with Gasteiger partial charge in [0.2, 0.25) is 0 Å². The molecule has 1 fully saturated rings. The van der Waals surface area contributed by atoms with Crippen molar-refractivity contribution in [1.29, 1.82) is 0 Å². The van der Waals surface area contributed by atoms with E-state index < -0.39 is 30.5 Å². The number of aromatic nitrogens is 4. The van der Waals surface area contributed by atoms with Gasteiger partial charge in [-0.1, -0.05) is 0 Å². The quantitative estimate of drug-likeness (QED) is 0.494. The zero-order valence-electron chi connectivity index (χ0n) is 9.99. The first kappa shape index (κ1) is 12.7. The number of carboxylic acids is 1. The molecule has 0 aliphatic carbocycles. The number of aliphatic carboxylic acids is 1. The summed E-state index contributed by atoms with van der Waals surface area (Å²) in [4.78, 5) is 22.6. The third-order valence-electron chi connectivity index (χ3n) is 3.14. The molecule has 1 aliphatic heterocycles. The topological polar surface area (TPSA) is 157 Å². The van der Waals surface area contributed by atoms with E-state index in [1.807, 2.05) is 0 Å². The summed E-state index contributed by atoms with van der Waals surface area (Å²) in [5, 5.41) is 28.5. The van der Waals surface area contributed by atoms with Gasteiger partial charge in [-0.05, 0) is 0 Å². The minimum atomic E-state index is -1.55. The van der Waals surface area contributed by atoms with Crippen LogP contribution >= 0.6 is 0 Å². The number of nitrogen functional groups attached to an aromatic ring is 1. The predicted octanol–water partition coefficient (Wildman–Crippen LogP) is -1.89. The van der Waals surface area contributed by atoms with Gasteiger partial charge in [0, 0.05) is 0 Å². The number of hydrogen-bond donors (Lipinski definition) is 4. The second-order valence-corrected chi connectivity index (χ2v) is 4.35. The van der Waals surface area contributed by atoms with Crippen LogP contribution in [0.25, 0.3) is 11.2 Å². The number of aliphatic hydroxyl groups excluding tert-OH is 2. The SMILES string of the molecule is Nc1ncnc2c1ncn2[C@@H]1O[C@H](C(=O)O)[C@H](O)[C@@H]1O. The number of nitrogens with two attached hydrogens (primary N) is 1. The molecule has 1 saturated heterocycles. The molecule has 0 unspecified atom stereocenters. The summed E-state index contributed by atoms with van der Waals surface area (Å²) in [5.41, 5.74) is 6.21. The molecule has 5 N–H and O–H groups in total. The highest BCUT2D eigenvalue weighted by Crippen LogP contribution is 2.31. The summed E-state index contributed by atoms with van der Waals surface area (Å²) >= 11 is 0. The van der Waals surface area contributed by atoms with Crippen LogP contribution in [0.15, 0.2) is 12.7 Å². The summed E-state index contributed by atoms with van der Waals surface area (Å²) in [6.45, 7) is 0. The molecule has 4 atom stereocenters. The second kappa shape index (κ2) is 4.37. The van der Waals surface area contributed by atoms with Crippen molar-refractivity contribution in [2.24, 2.45) is 0 Å². The van der Waals surface area contributed by atoms with E-state index in [4.69, 9.17) is 15.6 Å². The summed E-state index contributed by atoms with van der Waals surface area (Å²) in [7, 11) is 0. The summed E-state index contributed by atoms with van der Waals surface area (Å²) in [6.07, 6.45) is -3.11. The average Bonchev–Trinajstić information content (AvgIpc) is 2.94. The smallest absolute Gasteiger partial charge is 0.335 e. The molecule has 0 saturated carbocycles. The third-order valence-corrected chi connectivity index (χ3v) is 3.14. The first-order chi connectivity index (χ1) is 9.50. The Morgan fingerprint density at radius 1 is 1.30 bits per heavy atom. The number of rotatable bonds is 2. The van der Waals surface area contributed by atoms with Crippen LogP contribution in [0.2, 0.25) is 0 Å². The van der Waals surface area contributed by atoms with Crippen LogP contribution in [-0.4, -0.2) is 59.1 Å². The molecule has 10 nitrogen and oxygen atoms in total. The molecule has 1 aliphatic rings. The Kier molecular flexibility index (Phi) is 2.78. The lowest BCUT2D eigenvalue weighted by Crippen LogP contribution is -2.35. The van der Waals surface area contributed by atoms with E-state index in [0.29, 0.717) is 5.52 Å². The zero-order chi connectivity index (χ0) is 14.4. The van der Waals surface area contributed by atoms with Crippen molar-refractivity contribution in [3.05, 3.63) is 12.7 Å². The Bertz CT molecular complexity index is 673. The Morgan fingerprint density at radius 3 is 2.70 bits per heavy atom. The van der Waals surface area contributed by atoms with Crippen LogP contribution in [0.3, 0.4) is 0 Å². The van der Waals surface area contributed by atoms with E-state index in [1.54, 1.807) is 0 Å². The molecule has 20 heavy (non-hydrogen) atoms. The average molecular weight is 281 g/mol. The van der Waals surface area contributed by atoms with E-state index in [0.717, 1.165) is 0 Å². The van der Waals surface area contributed by atoms with Crippen LogP contribution in [0.4, 0.5) is 5.82 Å². The van der Waals surface area contributed by atoms with Gasteiger partial charge in [0.05, 0.1) is 6.33 Å². The molecule has 0 radical (unpaired) electrons. The fraction of sp³-hybridized carbons (Fsp3) is 0.400. The minimum absolute atomic E-state index is 0.150. The number of imidazole rings is 1. The van der Waals surface area contributed by atoms with E-state index in [1.165, 1.54) is 17.2 Å². The number of aliphatic hydroxyl groups is 2. The van der Waals surface area contributed by atoms with Gasteiger partial charge in [0.15, 0.2) is 23.8 Å². The van der Waals surface area contributed by atoms with Gasteiger partial charge in [-0.2, -0.15) is 0 Å². The lowest BCUT2D eigenvalue weighted by atomic mass is 10.1. The standard InChI is InChI=1S/C10H11N5O5/c11-7-3-8(13-1-12-7)15(2-14-3)9-5(17)4(16)6(20-9)10(18)19/h1-2,4-6,9,16-17H,(H,18,19)(H2,11,12,13)/t4-,5+,6+,9-/m1/s1. The Balaban J connectivity index is 2.04. The first-order valence-electron chi connectivity index (χ1n) is 5.68. The number of ether oxygens (including phenoxy) is 1. The predicted molar refractivity (Wildman–Crippen MR) is 63.3 cm³/mol. The van der Waals surface area contributed by atoms with Gasteiger partial charge < -0.3 is 25.8 Å². The van der Waals surface area contributed by atoms with Crippen molar-refractivity contribution < 1.29 is 24.9 Å². The van der Waals surface area contributed by atoms with Crippen molar-refractivity contribution in [2.45, 2.75) is 24.5 Å². The number of hydrogen-bond acceptors (Lipinski definition) is 8. The maximum atomic E-state index is 10.9. The number of nitrogens with zero attached hydrogens (tertiary/aromatic N) is 4. The maximum Gasteiger partial charge on any atom is 0.335 e. The largest absolute Gasteiger partial charge is 0.479 e. The highest BCUT2D eigenvalue weighted by Gasteiger charge is 2.47. The van der Waals surface area contributed by atoms with Gasteiger partial charge in [-0.3, -0.25) is 4.57 Å². The lowest BCUT2D eigenvalue weighted by molar-refractivity contribution is -0.155. The normalized spacial score (nSPS) is 29.9. The van der Waals surface area contributed by atoms with Crippen molar-refractivity contribution in [3.63, 3.8) is 0 Å². The Hall–Kier alpha value is -2.30. The summed E-state index contributed by atoms with van der Waals surface area (Å²) in [5.74, 6) is -1.21. The van der Waals surface area contributed by atoms with Gasteiger partial charge in [-0.15, -0.1) is 0 Å². The molecule has 0 spiro atoms. The van der Waals surface area contributed by atoms with Crippen LogP contribution in [0.1, 0.15) is 6.23 Å². The molecule has 10 heteroatoms. The zero-order valence-corrected chi connectivity index (χ0v) is 9.99. The van der Waals surface area contributed by atoms with Gasteiger partial charge >= 0.3 is 5.97 Å². The van der Waals surface area contributed by atoms with Gasteiger partial charge in [0.1, 0.15) is 24.1 Å². The number of fused-ring (bicyclic) bond motifs is 1. The number of carboxylic acid groups (broad SMARTS) is 1. The number of anilines is 1.